The summed E-state index contributed by atoms with van der Waals surface area (Å²) in [5.41, 5.74) is 2.02. The Morgan fingerprint density at radius 2 is 1.88 bits per heavy atom. The normalized spacial score (nSPS) is 12.2. The minimum absolute atomic E-state index is 0.218. The van der Waals surface area contributed by atoms with E-state index in [9.17, 15) is 9.90 Å². The van der Waals surface area contributed by atoms with Gasteiger partial charge in [-0.2, -0.15) is 0 Å². The average Bonchev–Trinajstić information content (AvgIpc) is 2.37. The van der Waals surface area contributed by atoms with Gasteiger partial charge in [-0.05, 0) is 17.5 Å². The van der Waals surface area contributed by atoms with Crippen LogP contribution in [-0.4, -0.2) is 36.0 Å². The second kappa shape index (κ2) is 7.04. The van der Waals surface area contributed by atoms with E-state index in [1.54, 1.807) is 0 Å². The molecule has 0 radical (unpaired) electrons. The van der Waals surface area contributed by atoms with Gasteiger partial charge in [-0.25, -0.2) is 0 Å². The van der Waals surface area contributed by atoms with Crippen LogP contribution >= 0.6 is 0 Å². The van der Waals surface area contributed by atoms with Gasteiger partial charge in [0.15, 0.2) is 0 Å². The molecule has 0 aliphatic rings. The third kappa shape index (κ3) is 4.97. The zero-order chi connectivity index (χ0) is 12.7. The lowest BCUT2D eigenvalue weighted by Gasteiger charge is -2.07. The lowest BCUT2D eigenvalue weighted by molar-refractivity contribution is -0.140. The van der Waals surface area contributed by atoms with Gasteiger partial charge in [0.2, 0.25) is 0 Å². The van der Waals surface area contributed by atoms with E-state index in [0.717, 1.165) is 11.1 Å². The molecule has 0 saturated heterocycles. The molecule has 17 heavy (non-hydrogen) atoms. The standard InChI is InChI=1S/C13H18O4/c1-17-13(16)7-6-10-2-4-11(5-3-10)8-12(15)9-14/h2-5,12,14-15H,6-9H2,1H3. The lowest BCUT2D eigenvalue weighted by Crippen LogP contribution is -2.14. The third-order valence-corrected chi connectivity index (χ3v) is 2.55. The Morgan fingerprint density at radius 1 is 1.29 bits per heavy atom. The van der Waals surface area contributed by atoms with Crippen molar-refractivity contribution in [2.24, 2.45) is 0 Å². The van der Waals surface area contributed by atoms with Crippen LogP contribution in [-0.2, 0) is 22.4 Å². The number of rotatable bonds is 6. The molecule has 0 aromatic heterocycles. The first-order valence-corrected chi connectivity index (χ1v) is 5.59. The minimum atomic E-state index is -0.712. The zero-order valence-corrected chi connectivity index (χ0v) is 9.93. The maximum Gasteiger partial charge on any atom is 0.305 e. The number of carbonyl (C=O) groups excluding carboxylic acids is 1. The van der Waals surface area contributed by atoms with Crippen LogP contribution in [0, 0.1) is 0 Å². The molecule has 0 bridgehead atoms. The summed E-state index contributed by atoms with van der Waals surface area (Å²) in [4.78, 5) is 11.0. The van der Waals surface area contributed by atoms with Crippen molar-refractivity contribution in [2.45, 2.75) is 25.4 Å². The molecule has 0 aliphatic heterocycles. The summed E-state index contributed by atoms with van der Waals surface area (Å²) in [7, 11) is 1.38. The van der Waals surface area contributed by atoms with Gasteiger partial charge in [-0.1, -0.05) is 24.3 Å². The fourth-order valence-electron chi connectivity index (χ4n) is 1.53. The predicted octanol–water partition coefficient (Wildman–Crippen LogP) is 0.688. The van der Waals surface area contributed by atoms with E-state index in [1.807, 2.05) is 24.3 Å². The molecule has 0 heterocycles. The van der Waals surface area contributed by atoms with Gasteiger partial charge in [-0.3, -0.25) is 4.79 Å². The second-order valence-electron chi connectivity index (χ2n) is 3.93. The highest BCUT2D eigenvalue weighted by Crippen LogP contribution is 2.09. The molecule has 1 aromatic rings. The number of aliphatic hydroxyl groups excluding tert-OH is 2. The molecule has 0 fully saturated rings. The molecular weight excluding hydrogens is 220 g/mol. The molecular formula is C13H18O4. The van der Waals surface area contributed by atoms with Crippen LogP contribution in [0.4, 0.5) is 0 Å². The molecule has 4 heteroatoms. The number of ether oxygens (including phenoxy) is 1. The van der Waals surface area contributed by atoms with E-state index in [1.165, 1.54) is 7.11 Å². The smallest absolute Gasteiger partial charge is 0.305 e. The van der Waals surface area contributed by atoms with Crippen LogP contribution in [0.2, 0.25) is 0 Å². The first-order chi connectivity index (χ1) is 8.15. The monoisotopic (exact) mass is 238 g/mol. The average molecular weight is 238 g/mol. The molecule has 1 rings (SSSR count). The van der Waals surface area contributed by atoms with Gasteiger partial charge in [0.1, 0.15) is 0 Å². The minimum Gasteiger partial charge on any atom is -0.469 e. The molecule has 0 spiro atoms. The first kappa shape index (κ1) is 13.7. The van der Waals surface area contributed by atoms with Crippen LogP contribution in [0.15, 0.2) is 24.3 Å². The maximum atomic E-state index is 11.0. The highest BCUT2D eigenvalue weighted by Gasteiger charge is 2.04. The number of esters is 1. The lowest BCUT2D eigenvalue weighted by atomic mass is 10.0. The van der Waals surface area contributed by atoms with E-state index >= 15 is 0 Å². The van der Waals surface area contributed by atoms with Crippen LogP contribution in [0.25, 0.3) is 0 Å². The molecule has 1 atom stereocenters. The quantitative estimate of drug-likeness (QED) is 0.715. The largest absolute Gasteiger partial charge is 0.469 e. The number of aryl methyl sites for hydroxylation is 1. The summed E-state index contributed by atoms with van der Waals surface area (Å²) in [6.45, 7) is -0.232. The fourth-order valence-corrected chi connectivity index (χ4v) is 1.53. The second-order valence-corrected chi connectivity index (χ2v) is 3.93. The van der Waals surface area contributed by atoms with E-state index in [-0.39, 0.29) is 12.6 Å². The Hall–Kier alpha value is -1.39. The highest BCUT2D eigenvalue weighted by molar-refractivity contribution is 5.69. The fraction of sp³-hybridized carbons (Fsp3) is 0.462. The topological polar surface area (TPSA) is 66.8 Å². The molecule has 4 nitrogen and oxygen atoms in total. The first-order valence-electron chi connectivity index (χ1n) is 5.59. The molecule has 0 aliphatic carbocycles. The summed E-state index contributed by atoms with van der Waals surface area (Å²) in [5, 5.41) is 18.0. The van der Waals surface area contributed by atoms with Gasteiger partial charge in [-0.15, -0.1) is 0 Å². The number of methoxy groups -OCH3 is 1. The summed E-state index contributed by atoms with van der Waals surface area (Å²) in [5.74, 6) is -0.218. The van der Waals surface area contributed by atoms with Gasteiger partial charge >= 0.3 is 5.97 Å². The number of aliphatic hydroxyl groups is 2. The van der Waals surface area contributed by atoms with E-state index < -0.39 is 6.10 Å². The number of hydrogen-bond donors (Lipinski definition) is 2. The molecule has 1 aromatic carbocycles. The van der Waals surface area contributed by atoms with E-state index in [0.29, 0.717) is 19.3 Å². The Balaban J connectivity index is 2.47. The summed E-state index contributed by atoms with van der Waals surface area (Å²) >= 11 is 0. The maximum absolute atomic E-state index is 11.0. The van der Waals surface area contributed by atoms with Crippen molar-refractivity contribution in [2.75, 3.05) is 13.7 Å². The SMILES string of the molecule is COC(=O)CCc1ccc(CC(O)CO)cc1. The number of hydrogen-bond acceptors (Lipinski definition) is 4. The zero-order valence-electron chi connectivity index (χ0n) is 9.93. The van der Waals surface area contributed by atoms with Gasteiger partial charge < -0.3 is 14.9 Å². The van der Waals surface area contributed by atoms with Gasteiger partial charge in [0.05, 0.1) is 19.8 Å². The molecule has 0 amide bonds. The Morgan fingerprint density at radius 3 is 2.41 bits per heavy atom. The van der Waals surface area contributed by atoms with Gasteiger partial charge in [0, 0.05) is 12.8 Å². The van der Waals surface area contributed by atoms with Crippen LogP contribution in [0.5, 0.6) is 0 Å². The Kier molecular flexibility index (Phi) is 5.66. The Labute approximate surface area is 101 Å². The van der Waals surface area contributed by atoms with Crippen LogP contribution < -0.4 is 0 Å². The highest BCUT2D eigenvalue weighted by atomic mass is 16.5. The molecule has 2 N–H and O–H groups in total. The molecule has 0 saturated carbocycles. The number of benzene rings is 1. The van der Waals surface area contributed by atoms with Crippen LogP contribution in [0.3, 0.4) is 0 Å². The predicted molar refractivity (Wildman–Crippen MR) is 63.6 cm³/mol. The van der Waals surface area contributed by atoms with Crippen molar-refractivity contribution >= 4 is 5.97 Å². The summed E-state index contributed by atoms with van der Waals surface area (Å²) in [6, 6.07) is 7.63. The van der Waals surface area contributed by atoms with E-state index in [4.69, 9.17) is 5.11 Å². The van der Waals surface area contributed by atoms with Crippen molar-refractivity contribution in [1.29, 1.82) is 0 Å². The number of carbonyl (C=O) groups is 1. The Bertz CT molecular complexity index is 345. The van der Waals surface area contributed by atoms with Crippen molar-refractivity contribution < 1.29 is 19.7 Å². The third-order valence-electron chi connectivity index (χ3n) is 2.55. The van der Waals surface area contributed by atoms with Crippen molar-refractivity contribution in [3.8, 4) is 0 Å². The van der Waals surface area contributed by atoms with Gasteiger partial charge in [0.25, 0.3) is 0 Å². The summed E-state index contributed by atoms with van der Waals surface area (Å²) < 4.78 is 4.56. The van der Waals surface area contributed by atoms with Crippen molar-refractivity contribution in [3.05, 3.63) is 35.4 Å². The van der Waals surface area contributed by atoms with Crippen molar-refractivity contribution in [1.82, 2.24) is 0 Å². The molecule has 1 unspecified atom stereocenters. The molecule has 94 valence electrons. The van der Waals surface area contributed by atoms with Crippen molar-refractivity contribution in [3.63, 3.8) is 0 Å². The summed E-state index contributed by atoms with van der Waals surface area (Å²) in [6.07, 6.45) is 0.745. The van der Waals surface area contributed by atoms with E-state index in [2.05, 4.69) is 4.74 Å². The van der Waals surface area contributed by atoms with Crippen LogP contribution in [0.1, 0.15) is 17.5 Å².